The van der Waals surface area contributed by atoms with Crippen LogP contribution in [0.4, 0.5) is 0 Å². The average Bonchev–Trinajstić information content (AvgIpc) is 1.78. The maximum absolute atomic E-state index is 9.32. The van der Waals surface area contributed by atoms with Gasteiger partial charge in [0, 0.05) is 26.2 Å². The van der Waals surface area contributed by atoms with Crippen molar-refractivity contribution in [1.29, 1.82) is 0 Å². The maximum atomic E-state index is 9.32. The first-order chi connectivity index (χ1) is 4.64. The SMILES string of the molecule is CNCCN1CC(C)(O)C1. The standard InChI is InChI=1S/C7H16N2O/c1-7(10)5-9(6-7)4-3-8-2/h8,10H,3-6H2,1-2H3. The molecule has 0 spiro atoms. The second-order valence-corrected chi connectivity index (χ2v) is 3.31. The Labute approximate surface area is 62.0 Å². The minimum absolute atomic E-state index is 0.409. The van der Waals surface area contributed by atoms with E-state index in [1.54, 1.807) is 0 Å². The number of likely N-dealkylation sites (N-methyl/N-ethyl adjacent to an activating group) is 1. The van der Waals surface area contributed by atoms with Gasteiger partial charge in [0.25, 0.3) is 0 Å². The number of β-amino-alcohol motifs (C(OH)–C–C–N with tert-alkyl or cyclic N) is 1. The molecule has 1 rings (SSSR count). The Hall–Kier alpha value is -0.120. The van der Waals surface area contributed by atoms with Gasteiger partial charge in [-0.1, -0.05) is 0 Å². The third-order valence-electron chi connectivity index (χ3n) is 1.81. The van der Waals surface area contributed by atoms with Gasteiger partial charge in [-0.25, -0.2) is 0 Å². The van der Waals surface area contributed by atoms with E-state index in [0.717, 1.165) is 26.2 Å². The molecule has 0 aromatic heterocycles. The molecular weight excluding hydrogens is 128 g/mol. The topological polar surface area (TPSA) is 35.5 Å². The van der Waals surface area contributed by atoms with Crippen molar-refractivity contribution in [3.63, 3.8) is 0 Å². The highest BCUT2D eigenvalue weighted by molar-refractivity contribution is 4.91. The third kappa shape index (κ3) is 1.94. The number of nitrogens with one attached hydrogen (secondary N) is 1. The molecule has 3 heteroatoms. The summed E-state index contributed by atoms with van der Waals surface area (Å²) in [6.45, 7) is 5.59. The summed E-state index contributed by atoms with van der Waals surface area (Å²) in [5.74, 6) is 0. The summed E-state index contributed by atoms with van der Waals surface area (Å²) < 4.78 is 0. The zero-order valence-corrected chi connectivity index (χ0v) is 6.72. The minimum atomic E-state index is -0.409. The van der Waals surface area contributed by atoms with Gasteiger partial charge < -0.3 is 10.4 Å². The summed E-state index contributed by atoms with van der Waals surface area (Å²) in [6, 6.07) is 0. The monoisotopic (exact) mass is 144 g/mol. The Bertz CT molecular complexity index is 106. The smallest absolute Gasteiger partial charge is 0.0872 e. The fraction of sp³-hybridized carbons (Fsp3) is 1.00. The highest BCUT2D eigenvalue weighted by Crippen LogP contribution is 2.18. The molecule has 1 aliphatic heterocycles. The van der Waals surface area contributed by atoms with Gasteiger partial charge in [-0.3, -0.25) is 4.90 Å². The number of likely N-dealkylation sites (tertiary alicyclic amines) is 1. The van der Waals surface area contributed by atoms with Crippen LogP contribution in [0.1, 0.15) is 6.92 Å². The van der Waals surface area contributed by atoms with Crippen molar-refractivity contribution in [2.24, 2.45) is 0 Å². The van der Waals surface area contributed by atoms with Crippen LogP contribution in [0.3, 0.4) is 0 Å². The second kappa shape index (κ2) is 2.86. The van der Waals surface area contributed by atoms with Crippen molar-refractivity contribution in [2.75, 3.05) is 33.2 Å². The van der Waals surface area contributed by atoms with Crippen LogP contribution < -0.4 is 5.32 Å². The molecule has 0 bridgehead atoms. The van der Waals surface area contributed by atoms with Gasteiger partial charge in [0.2, 0.25) is 0 Å². The van der Waals surface area contributed by atoms with Crippen molar-refractivity contribution in [3.05, 3.63) is 0 Å². The van der Waals surface area contributed by atoms with Gasteiger partial charge in [0.05, 0.1) is 5.60 Å². The average molecular weight is 144 g/mol. The first kappa shape index (κ1) is 7.98. The normalized spacial score (nSPS) is 24.3. The largest absolute Gasteiger partial charge is 0.388 e. The molecule has 3 nitrogen and oxygen atoms in total. The predicted molar refractivity (Wildman–Crippen MR) is 41.0 cm³/mol. The summed E-state index contributed by atoms with van der Waals surface area (Å²) >= 11 is 0. The van der Waals surface area contributed by atoms with Crippen molar-refractivity contribution in [2.45, 2.75) is 12.5 Å². The van der Waals surface area contributed by atoms with Crippen LogP contribution in [-0.2, 0) is 0 Å². The molecule has 2 N–H and O–H groups in total. The molecule has 1 aliphatic rings. The summed E-state index contributed by atoms with van der Waals surface area (Å²) in [5, 5.41) is 12.4. The number of rotatable bonds is 3. The summed E-state index contributed by atoms with van der Waals surface area (Å²) in [7, 11) is 1.94. The summed E-state index contributed by atoms with van der Waals surface area (Å²) in [6.07, 6.45) is 0. The molecule has 0 unspecified atom stereocenters. The lowest BCUT2D eigenvalue weighted by Gasteiger charge is -2.44. The summed E-state index contributed by atoms with van der Waals surface area (Å²) in [5.41, 5.74) is -0.409. The Morgan fingerprint density at radius 1 is 1.60 bits per heavy atom. The lowest BCUT2D eigenvalue weighted by Crippen LogP contribution is -2.60. The lowest BCUT2D eigenvalue weighted by molar-refractivity contribution is -0.0820. The summed E-state index contributed by atoms with van der Waals surface area (Å²) in [4.78, 5) is 2.23. The maximum Gasteiger partial charge on any atom is 0.0872 e. The van der Waals surface area contributed by atoms with Crippen molar-refractivity contribution in [1.82, 2.24) is 10.2 Å². The minimum Gasteiger partial charge on any atom is -0.388 e. The molecule has 0 radical (unpaired) electrons. The molecule has 0 aliphatic carbocycles. The molecule has 0 atom stereocenters. The van der Waals surface area contributed by atoms with E-state index in [-0.39, 0.29) is 0 Å². The number of hydrogen-bond donors (Lipinski definition) is 2. The van der Waals surface area contributed by atoms with E-state index >= 15 is 0 Å². The van der Waals surface area contributed by atoms with Crippen LogP contribution >= 0.6 is 0 Å². The van der Waals surface area contributed by atoms with Crippen molar-refractivity contribution < 1.29 is 5.11 Å². The van der Waals surface area contributed by atoms with Gasteiger partial charge in [-0.05, 0) is 14.0 Å². The fourth-order valence-electron chi connectivity index (χ4n) is 1.35. The van der Waals surface area contributed by atoms with Crippen LogP contribution in [0.5, 0.6) is 0 Å². The number of aliphatic hydroxyl groups is 1. The van der Waals surface area contributed by atoms with Crippen LogP contribution in [0, 0.1) is 0 Å². The predicted octanol–water partition coefficient (Wildman–Crippen LogP) is -0.728. The third-order valence-corrected chi connectivity index (χ3v) is 1.81. The molecule has 1 saturated heterocycles. The molecule has 0 aromatic rings. The van der Waals surface area contributed by atoms with Gasteiger partial charge in [-0.15, -0.1) is 0 Å². The molecular formula is C7H16N2O. The lowest BCUT2D eigenvalue weighted by atomic mass is 9.97. The molecule has 10 heavy (non-hydrogen) atoms. The van der Waals surface area contributed by atoms with E-state index in [1.165, 1.54) is 0 Å². The number of hydrogen-bond acceptors (Lipinski definition) is 3. The second-order valence-electron chi connectivity index (χ2n) is 3.31. The zero-order valence-electron chi connectivity index (χ0n) is 6.72. The quantitative estimate of drug-likeness (QED) is 0.548. The van der Waals surface area contributed by atoms with Crippen LogP contribution in [0.25, 0.3) is 0 Å². The molecule has 1 fully saturated rings. The van der Waals surface area contributed by atoms with Gasteiger partial charge in [0.1, 0.15) is 0 Å². The highest BCUT2D eigenvalue weighted by atomic mass is 16.3. The van der Waals surface area contributed by atoms with E-state index in [0.29, 0.717) is 0 Å². The van der Waals surface area contributed by atoms with Crippen molar-refractivity contribution >= 4 is 0 Å². The van der Waals surface area contributed by atoms with Crippen LogP contribution in [0.2, 0.25) is 0 Å². The van der Waals surface area contributed by atoms with Gasteiger partial charge in [-0.2, -0.15) is 0 Å². The molecule has 60 valence electrons. The van der Waals surface area contributed by atoms with E-state index in [1.807, 2.05) is 14.0 Å². The molecule has 1 heterocycles. The van der Waals surface area contributed by atoms with E-state index in [9.17, 15) is 5.11 Å². The Morgan fingerprint density at radius 2 is 2.20 bits per heavy atom. The molecule has 0 aromatic carbocycles. The van der Waals surface area contributed by atoms with Crippen LogP contribution in [0.15, 0.2) is 0 Å². The number of nitrogens with zero attached hydrogens (tertiary/aromatic N) is 1. The Morgan fingerprint density at radius 3 is 2.60 bits per heavy atom. The van der Waals surface area contributed by atoms with Crippen molar-refractivity contribution in [3.8, 4) is 0 Å². The molecule has 0 amide bonds. The van der Waals surface area contributed by atoms with E-state index in [4.69, 9.17) is 0 Å². The van der Waals surface area contributed by atoms with E-state index in [2.05, 4.69) is 10.2 Å². The highest BCUT2D eigenvalue weighted by Gasteiger charge is 2.35. The van der Waals surface area contributed by atoms with Gasteiger partial charge in [0.15, 0.2) is 0 Å². The van der Waals surface area contributed by atoms with Gasteiger partial charge >= 0.3 is 0 Å². The first-order valence-electron chi connectivity index (χ1n) is 3.73. The Kier molecular flexibility index (Phi) is 2.28. The van der Waals surface area contributed by atoms with Crippen LogP contribution in [-0.4, -0.2) is 48.8 Å². The Balaban J connectivity index is 2.03. The molecule has 0 saturated carbocycles. The first-order valence-corrected chi connectivity index (χ1v) is 3.73. The fourth-order valence-corrected chi connectivity index (χ4v) is 1.35. The van der Waals surface area contributed by atoms with E-state index < -0.39 is 5.60 Å². The zero-order chi connectivity index (χ0) is 7.61.